The van der Waals surface area contributed by atoms with Crippen molar-refractivity contribution < 1.29 is 17.9 Å². The van der Waals surface area contributed by atoms with Gasteiger partial charge in [0.2, 0.25) is 15.9 Å². The van der Waals surface area contributed by atoms with Crippen LogP contribution in [0.5, 0.6) is 5.75 Å². The number of rotatable bonds is 9. The maximum atomic E-state index is 12.6. The first-order valence-corrected chi connectivity index (χ1v) is 10.3. The summed E-state index contributed by atoms with van der Waals surface area (Å²) < 4.78 is 32.2. The van der Waals surface area contributed by atoms with Crippen LogP contribution < -0.4 is 9.46 Å². The Morgan fingerprint density at radius 3 is 2.26 bits per heavy atom. The summed E-state index contributed by atoms with van der Waals surface area (Å²) in [7, 11) is -2.14. The van der Waals surface area contributed by atoms with Gasteiger partial charge in [0, 0.05) is 25.6 Å². The van der Waals surface area contributed by atoms with Gasteiger partial charge in [-0.25, -0.2) is 13.1 Å². The molecule has 0 aromatic heterocycles. The lowest BCUT2D eigenvalue weighted by atomic mass is 10.2. The van der Waals surface area contributed by atoms with Gasteiger partial charge < -0.3 is 9.64 Å². The number of nitrogens with zero attached hydrogens (tertiary/aromatic N) is 1. The molecule has 0 saturated heterocycles. The summed E-state index contributed by atoms with van der Waals surface area (Å²) in [6.07, 6.45) is 0.0976. The van der Waals surface area contributed by atoms with Gasteiger partial charge in [0.15, 0.2) is 0 Å². The number of nitrogens with one attached hydrogen (secondary N) is 1. The number of benzene rings is 2. The van der Waals surface area contributed by atoms with Crippen molar-refractivity contribution in [2.45, 2.75) is 37.8 Å². The van der Waals surface area contributed by atoms with Gasteiger partial charge in [-0.05, 0) is 43.7 Å². The molecule has 1 N–H and O–H groups in total. The fourth-order valence-electron chi connectivity index (χ4n) is 2.61. The Morgan fingerprint density at radius 2 is 1.70 bits per heavy atom. The Hall–Kier alpha value is -2.38. The molecule has 0 aliphatic carbocycles. The molecule has 6 nitrogen and oxygen atoms in total. The van der Waals surface area contributed by atoms with Crippen molar-refractivity contribution in [1.82, 2.24) is 9.62 Å². The third-order valence-electron chi connectivity index (χ3n) is 4.14. The first-order valence-electron chi connectivity index (χ1n) is 8.80. The standard InChI is InChI=1S/C20H26N2O4S/c1-16(2)22(15-17-7-5-4-6-8-17)20(23)13-14-21-27(24,25)19-11-9-18(26-3)10-12-19/h4-12,16,21H,13-15H2,1-3H3. The lowest BCUT2D eigenvalue weighted by Gasteiger charge is -2.27. The highest BCUT2D eigenvalue weighted by molar-refractivity contribution is 7.89. The van der Waals surface area contributed by atoms with Crippen LogP contribution in [-0.2, 0) is 21.4 Å². The minimum atomic E-state index is -3.66. The van der Waals surface area contributed by atoms with Crippen LogP contribution in [0.2, 0.25) is 0 Å². The number of ether oxygens (including phenoxy) is 1. The number of hydrogen-bond donors (Lipinski definition) is 1. The van der Waals surface area contributed by atoms with E-state index in [1.807, 2.05) is 44.2 Å². The van der Waals surface area contributed by atoms with Crippen LogP contribution in [0.25, 0.3) is 0 Å². The molecular weight excluding hydrogens is 364 g/mol. The smallest absolute Gasteiger partial charge is 0.240 e. The van der Waals surface area contributed by atoms with E-state index in [0.29, 0.717) is 12.3 Å². The quantitative estimate of drug-likeness (QED) is 0.714. The first kappa shape index (κ1) is 20.9. The molecule has 0 aliphatic heterocycles. The SMILES string of the molecule is COc1ccc(S(=O)(=O)NCCC(=O)N(Cc2ccccc2)C(C)C)cc1. The lowest BCUT2D eigenvalue weighted by molar-refractivity contribution is -0.133. The number of hydrogen-bond acceptors (Lipinski definition) is 4. The van der Waals surface area contributed by atoms with Gasteiger partial charge in [-0.3, -0.25) is 4.79 Å². The molecule has 0 radical (unpaired) electrons. The molecule has 1 amide bonds. The van der Waals surface area contributed by atoms with Crippen LogP contribution in [0, 0.1) is 0 Å². The van der Waals surface area contributed by atoms with Gasteiger partial charge >= 0.3 is 0 Å². The molecule has 2 rings (SSSR count). The zero-order valence-electron chi connectivity index (χ0n) is 15.9. The van der Waals surface area contributed by atoms with E-state index in [2.05, 4.69) is 4.72 Å². The highest BCUT2D eigenvalue weighted by Crippen LogP contribution is 2.15. The van der Waals surface area contributed by atoms with Crippen molar-refractivity contribution in [3.63, 3.8) is 0 Å². The third-order valence-corrected chi connectivity index (χ3v) is 5.62. The van der Waals surface area contributed by atoms with E-state index < -0.39 is 10.0 Å². The Bertz CT molecular complexity index is 834. The van der Waals surface area contributed by atoms with E-state index in [0.717, 1.165) is 5.56 Å². The van der Waals surface area contributed by atoms with Crippen LogP contribution in [0.3, 0.4) is 0 Å². The summed E-state index contributed by atoms with van der Waals surface area (Å²) in [5.74, 6) is 0.490. The number of methoxy groups -OCH3 is 1. The van der Waals surface area contributed by atoms with E-state index in [1.165, 1.54) is 19.2 Å². The van der Waals surface area contributed by atoms with E-state index in [-0.39, 0.29) is 29.8 Å². The van der Waals surface area contributed by atoms with Crippen LogP contribution in [0.1, 0.15) is 25.8 Å². The summed E-state index contributed by atoms with van der Waals surface area (Å²) in [6, 6.07) is 15.9. The molecule has 7 heteroatoms. The molecule has 0 atom stereocenters. The summed E-state index contributed by atoms with van der Waals surface area (Å²) in [4.78, 5) is 14.5. The van der Waals surface area contributed by atoms with Crippen molar-refractivity contribution in [3.8, 4) is 5.75 Å². The Labute approximate surface area is 161 Å². The molecule has 146 valence electrons. The summed E-state index contributed by atoms with van der Waals surface area (Å²) >= 11 is 0. The second-order valence-corrected chi connectivity index (χ2v) is 8.19. The molecule has 0 bridgehead atoms. The molecule has 0 heterocycles. The van der Waals surface area contributed by atoms with Gasteiger partial charge in [0.05, 0.1) is 12.0 Å². The van der Waals surface area contributed by atoms with Crippen molar-refractivity contribution in [3.05, 3.63) is 60.2 Å². The van der Waals surface area contributed by atoms with Crippen molar-refractivity contribution in [2.75, 3.05) is 13.7 Å². The maximum Gasteiger partial charge on any atom is 0.240 e. The zero-order chi connectivity index (χ0) is 19.9. The van der Waals surface area contributed by atoms with Gasteiger partial charge in [-0.15, -0.1) is 0 Å². The Balaban J connectivity index is 1.94. The number of sulfonamides is 1. The van der Waals surface area contributed by atoms with Crippen molar-refractivity contribution >= 4 is 15.9 Å². The molecule has 0 saturated carbocycles. The average molecular weight is 391 g/mol. The van der Waals surface area contributed by atoms with E-state index in [1.54, 1.807) is 17.0 Å². The van der Waals surface area contributed by atoms with E-state index >= 15 is 0 Å². The highest BCUT2D eigenvalue weighted by Gasteiger charge is 2.19. The van der Waals surface area contributed by atoms with Gasteiger partial charge in [0.25, 0.3) is 0 Å². The second-order valence-electron chi connectivity index (χ2n) is 6.42. The van der Waals surface area contributed by atoms with Crippen molar-refractivity contribution in [1.29, 1.82) is 0 Å². The minimum absolute atomic E-state index is 0.0240. The average Bonchev–Trinajstić information content (AvgIpc) is 2.66. The van der Waals surface area contributed by atoms with Crippen LogP contribution in [0.15, 0.2) is 59.5 Å². The zero-order valence-corrected chi connectivity index (χ0v) is 16.7. The fraction of sp³-hybridized carbons (Fsp3) is 0.350. The molecule has 0 spiro atoms. The van der Waals surface area contributed by atoms with Gasteiger partial charge in [-0.2, -0.15) is 0 Å². The molecule has 27 heavy (non-hydrogen) atoms. The van der Waals surface area contributed by atoms with E-state index in [4.69, 9.17) is 4.74 Å². The highest BCUT2D eigenvalue weighted by atomic mass is 32.2. The lowest BCUT2D eigenvalue weighted by Crippen LogP contribution is -2.38. The van der Waals surface area contributed by atoms with Crippen LogP contribution in [-0.4, -0.2) is 38.9 Å². The molecule has 2 aromatic rings. The molecular formula is C20H26N2O4S. The topological polar surface area (TPSA) is 75.7 Å². The third kappa shape index (κ3) is 6.08. The number of carbonyl (C=O) groups excluding carboxylic acids is 1. The van der Waals surface area contributed by atoms with Gasteiger partial charge in [0.1, 0.15) is 5.75 Å². The fourth-order valence-corrected chi connectivity index (χ4v) is 3.64. The predicted molar refractivity (Wildman–Crippen MR) is 105 cm³/mol. The number of amides is 1. The second kappa shape index (κ2) is 9.53. The van der Waals surface area contributed by atoms with Crippen LogP contribution in [0.4, 0.5) is 0 Å². The van der Waals surface area contributed by atoms with E-state index in [9.17, 15) is 13.2 Å². The number of carbonyl (C=O) groups is 1. The Morgan fingerprint density at radius 1 is 1.07 bits per heavy atom. The monoisotopic (exact) mass is 390 g/mol. The summed E-state index contributed by atoms with van der Waals surface area (Å²) in [5, 5.41) is 0. The van der Waals surface area contributed by atoms with Crippen molar-refractivity contribution in [2.24, 2.45) is 0 Å². The molecule has 0 aliphatic rings. The van der Waals surface area contributed by atoms with Gasteiger partial charge in [-0.1, -0.05) is 30.3 Å². The largest absolute Gasteiger partial charge is 0.497 e. The normalized spacial score (nSPS) is 11.4. The maximum absolute atomic E-state index is 12.6. The molecule has 2 aromatic carbocycles. The molecule has 0 fully saturated rings. The first-order chi connectivity index (χ1) is 12.8. The summed E-state index contributed by atoms with van der Waals surface area (Å²) in [6.45, 7) is 4.44. The summed E-state index contributed by atoms with van der Waals surface area (Å²) in [5.41, 5.74) is 1.04. The molecule has 0 unspecified atom stereocenters. The Kier molecular flexibility index (Phi) is 7.38. The van der Waals surface area contributed by atoms with Crippen LogP contribution >= 0.6 is 0 Å². The predicted octanol–water partition coefficient (Wildman–Crippen LogP) is 2.80. The minimum Gasteiger partial charge on any atom is -0.497 e.